The minimum Gasteiger partial charge on any atom is -0.481 e. The number of carboxylic acid groups (broad SMARTS) is 1. The summed E-state index contributed by atoms with van der Waals surface area (Å²) >= 11 is 0. The summed E-state index contributed by atoms with van der Waals surface area (Å²) in [6, 6.07) is -0.0860. The zero-order valence-corrected chi connectivity index (χ0v) is 12.2. The van der Waals surface area contributed by atoms with Gasteiger partial charge in [0.2, 0.25) is 5.91 Å². The van der Waals surface area contributed by atoms with Crippen molar-refractivity contribution in [2.45, 2.75) is 44.6 Å². The Morgan fingerprint density at radius 3 is 2.43 bits per heavy atom. The van der Waals surface area contributed by atoms with E-state index >= 15 is 0 Å². The molecule has 1 heterocycles. The summed E-state index contributed by atoms with van der Waals surface area (Å²) < 4.78 is 0. The van der Waals surface area contributed by atoms with Crippen LogP contribution in [0.2, 0.25) is 0 Å². The molecule has 7 nitrogen and oxygen atoms in total. The molecule has 2 aliphatic rings. The van der Waals surface area contributed by atoms with Crippen LogP contribution in [-0.4, -0.2) is 58.5 Å². The van der Waals surface area contributed by atoms with Crippen LogP contribution in [0, 0.1) is 5.92 Å². The number of primary amides is 1. The quantitative estimate of drug-likeness (QED) is 0.776. The van der Waals surface area contributed by atoms with Crippen molar-refractivity contribution < 1.29 is 19.5 Å². The van der Waals surface area contributed by atoms with Crippen molar-refractivity contribution in [1.29, 1.82) is 0 Å². The molecular weight excluding hydrogens is 274 g/mol. The van der Waals surface area contributed by atoms with Crippen molar-refractivity contribution in [1.82, 2.24) is 9.80 Å². The van der Waals surface area contributed by atoms with E-state index in [0.29, 0.717) is 19.5 Å². The Bertz CT molecular complexity index is 420. The first kappa shape index (κ1) is 15.6. The summed E-state index contributed by atoms with van der Waals surface area (Å²) in [5, 5.41) is 8.82. The topological polar surface area (TPSA) is 104 Å². The summed E-state index contributed by atoms with van der Waals surface area (Å²) in [6.45, 7) is 0.954. The van der Waals surface area contributed by atoms with Gasteiger partial charge in [-0.2, -0.15) is 0 Å². The molecule has 0 aromatic carbocycles. The number of nitrogens with zero attached hydrogens (tertiary/aromatic N) is 2. The van der Waals surface area contributed by atoms with Crippen LogP contribution in [0.1, 0.15) is 38.5 Å². The Morgan fingerprint density at radius 1 is 1.19 bits per heavy atom. The molecule has 2 fully saturated rings. The molecule has 1 unspecified atom stereocenters. The summed E-state index contributed by atoms with van der Waals surface area (Å²) in [5.41, 5.74) is 5.26. The number of hydrogen-bond acceptors (Lipinski definition) is 3. The molecule has 1 saturated carbocycles. The monoisotopic (exact) mass is 297 g/mol. The maximum Gasteiger partial charge on any atom is 0.320 e. The van der Waals surface area contributed by atoms with Gasteiger partial charge in [-0.25, -0.2) is 4.79 Å². The normalized spacial score (nSPS) is 22.5. The van der Waals surface area contributed by atoms with Crippen molar-refractivity contribution in [2.24, 2.45) is 11.7 Å². The molecule has 7 heteroatoms. The molecule has 2 rings (SSSR count). The molecule has 1 aliphatic carbocycles. The Labute approximate surface area is 124 Å². The van der Waals surface area contributed by atoms with Crippen molar-refractivity contribution >= 4 is 17.9 Å². The molecule has 3 N–H and O–H groups in total. The number of amides is 3. The van der Waals surface area contributed by atoms with Gasteiger partial charge < -0.3 is 20.6 Å². The van der Waals surface area contributed by atoms with Crippen LogP contribution in [0.15, 0.2) is 0 Å². The molecule has 1 atom stereocenters. The second kappa shape index (κ2) is 6.78. The lowest BCUT2D eigenvalue weighted by Crippen LogP contribution is -2.50. The Morgan fingerprint density at radius 2 is 1.86 bits per heavy atom. The number of likely N-dealkylation sites (tertiary alicyclic amines) is 1. The zero-order chi connectivity index (χ0) is 15.4. The molecule has 0 spiro atoms. The first-order valence-electron chi connectivity index (χ1n) is 7.53. The molecule has 1 aliphatic heterocycles. The standard InChI is InChI=1S/C14H23N3O4/c15-12(18)9-17(11-3-1-2-4-11)14(21)16-6-5-10(8-16)7-13(19)20/h10-11H,1-9H2,(H2,15,18)(H,19,20). The van der Waals surface area contributed by atoms with Crippen LogP contribution in [-0.2, 0) is 9.59 Å². The highest BCUT2D eigenvalue weighted by atomic mass is 16.4. The van der Waals surface area contributed by atoms with Gasteiger partial charge in [0.1, 0.15) is 6.54 Å². The average molecular weight is 297 g/mol. The Balaban J connectivity index is 1.97. The Kier molecular flexibility index (Phi) is 5.03. The molecule has 0 aromatic heterocycles. The third-order valence-corrected chi connectivity index (χ3v) is 4.36. The molecule has 3 amide bonds. The number of urea groups is 1. The lowest BCUT2D eigenvalue weighted by Gasteiger charge is -2.32. The van der Waals surface area contributed by atoms with Gasteiger partial charge in [0.05, 0.1) is 0 Å². The van der Waals surface area contributed by atoms with Crippen molar-refractivity contribution in [2.75, 3.05) is 19.6 Å². The number of hydrogen-bond donors (Lipinski definition) is 2. The number of carboxylic acids is 1. The lowest BCUT2D eigenvalue weighted by molar-refractivity contribution is -0.138. The molecule has 118 valence electrons. The van der Waals surface area contributed by atoms with Gasteiger partial charge in [-0.15, -0.1) is 0 Å². The summed E-state index contributed by atoms with van der Waals surface area (Å²) in [7, 11) is 0. The number of carbonyl (C=O) groups is 3. The van der Waals surface area contributed by atoms with Crippen LogP contribution in [0.25, 0.3) is 0 Å². The largest absolute Gasteiger partial charge is 0.481 e. The molecule has 1 saturated heterocycles. The van der Waals surface area contributed by atoms with Gasteiger partial charge in [-0.3, -0.25) is 9.59 Å². The van der Waals surface area contributed by atoms with Crippen LogP contribution in [0.5, 0.6) is 0 Å². The zero-order valence-electron chi connectivity index (χ0n) is 12.2. The number of nitrogens with two attached hydrogens (primary N) is 1. The minimum absolute atomic E-state index is 0.00505. The van der Waals surface area contributed by atoms with E-state index in [2.05, 4.69) is 0 Å². The highest BCUT2D eigenvalue weighted by molar-refractivity contribution is 5.83. The van der Waals surface area contributed by atoms with E-state index in [-0.39, 0.29) is 31.0 Å². The fourth-order valence-electron chi connectivity index (χ4n) is 3.34. The molecular formula is C14H23N3O4. The van der Waals surface area contributed by atoms with Crippen molar-refractivity contribution in [3.8, 4) is 0 Å². The van der Waals surface area contributed by atoms with E-state index in [4.69, 9.17) is 10.8 Å². The van der Waals surface area contributed by atoms with Crippen molar-refractivity contribution in [3.05, 3.63) is 0 Å². The van der Waals surface area contributed by atoms with Gasteiger partial charge in [-0.05, 0) is 25.2 Å². The minimum atomic E-state index is -0.834. The molecule has 0 aromatic rings. The number of rotatable bonds is 5. The predicted molar refractivity (Wildman–Crippen MR) is 75.5 cm³/mol. The van der Waals surface area contributed by atoms with Gasteiger partial charge >= 0.3 is 12.0 Å². The highest BCUT2D eigenvalue weighted by Crippen LogP contribution is 2.26. The molecule has 21 heavy (non-hydrogen) atoms. The first-order chi connectivity index (χ1) is 9.97. The van der Waals surface area contributed by atoms with E-state index in [1.807, 2.05) is 0 Å². The summed E-state index contributed by atoms with van der Waals surface area (Å²) in [4.78, 5) is 37.8. The van der Waals surface area contributed by atoms with Gasteiger partial charge in [0.15, 0.2) is 0 Å². The fraction of sp³-hybridized carbons (Fsp3) is 0.786. The fourth-order valence-corrected chi connectivity index (χ4v) is 3.34. The maximum absolute atomic E-state index is 12.6. The van der Waals surface area contributed by atoms with E-state index < -0.39 is 11.9 Å². The van der Waals surface area contributed by atoms with E-state index in [9.17, 15) is 14.4 Å². The second-order valence-corrected chi connectivity index (χ2v) is 6.01. The van der Waals surface area contributed by atoms with E-state index in [1.165, 1.54) is 0 Å². The Hall–Kier alpha value is -1.79. The summed E-state index contributed by atoms with van der Waals surface area (Å²) in [5.74, 6) is -1.33. The summed E-state index contributed by atoms with van der Waals surface area (Å²) in [6.07, 6.45) is 4.73. The molecule has 0 bridgehead atoms. The smallest absolute Gasteiger partial charge is 0.320 e. The van der Waals surface area contributed by atoms with Crippen molar-refractivity contribution in [3.63, 3.8) is 0 Å². The van der Waals surface area contributed by atoms with Gasteiger partial charge in [0.25, 0.3) is 0 Å². The number of aliphatic carboxylic acids is 1. The lowest BCUT2D eigenvalue weighted by atomic mass is 10.1. The predicted octanol–water partition coefficient (Wildman–Crippen LogP) is 0.633. The number of carbonyl (C=O) groups excluding carboxylic acids is 2. The molecule has 0 radical (unpaired) electrons. The SMILES string of the molecule is NC(=O)CN(C(=O)N1CCC(CC(=O)O)C1)C1CCCC1. The highest BCUT2D eigenvalue weighted by Gasteiger charge is 2.34. The third kappa shape index (κ3) is 4.09. The van der Waals surface area contributed by atoms with Gasteiger partial charge in [-0.1, -0.05) is 12.8 Å². The second-order valence-electron chi connectivity index (χ2n) is 6.01. The maximum atomic E-state index is 12.6. The van der Waals surface area contributed by atoms with Crippen LogP contribution < -0.4 is 5.73 Å². The van der Waals surface area contributed by atoms with Crippen LogP contribution in [0.4, 0.5) is 4.79 Å². The van der Waals surface area contributed by atoms with Gasteiger partial charge in [0, 0.05) is 25.6 Å². The third-order valence-electron chi connectivity index (χ3n) is 4.36. The first-order valence-corrected chi connectivity index (χ1v) is 7.53. The van der Waals surface area contributed by atoms with Crippen LogP contribution in [0.3, 0.4) is 0 Å². The van der Waals surface area contributed by atoms with Crippen LogP contribution >= 0.6 is 0 Å². The van der Waals surface area contributed by atoms with E-state index in [1.54, 1.807) is 9.80 Å². The van der Waals surface area contributed by atoms with E-state index in [0.717, 1.165) is 25.7 Å². The average Bonchev–Trinajstić information content (AvgIpc) is 3.05.